The van der Waals surface area contributed by atoms with Gasteiger partial charge in [0, 0.05) is 13.1 Å². The fourth-order valence-electron chi connectivity index (χ4n) is 5.82. The Morgan fingerprint density at radius 2 is 0.732 bits per heavy atom. The third-order valence-electron chi connectivity index (χ3n) is 8.55. The van der Waals surface area contributed by atoms with Gasteiger partial charge in [0.25, 0.3) is 5.91 Å². The molecule has 0 aromatic carbocycles. The number of nitrogens with two attached hydrogens (primary N) is 1. The summed E-state index contributed by atoms with van der Waals surface area (Å²) in [7, 11) is 0. The van der Waals surface area contributed by atoms with Crippen LogP contribution in [-0.4, -0.2) is 41.0 Å². The van der Waals surface area contributed by atoms with Gasteiger partial charge in [-0.25, -0.2) is 0 Å². The quantitative estimate of drug-likeness (QED) is 0.0757. The van der Waals surface area contributed by atoms with Gasteiger partial charge >= 0.3 is 0 Å². The largest absolute Gasteiger partial charge is 0.383 e. The summed E-state index contributed by atoms with van der Waals surface area (Å²) in [6.07, 6.45) is 35.0. The molecular weight excluding hydrogens is 508 g/mol. The molecule has 0 aromatic heterocycles. The molecule has 0 spiro atoms. The van der Waals surface area contributed by atoms with E-state index in [9.17, 15) is 14.7 Å². The second-order valence-corrected chi connectivity index (χ2v) is 12.7. The predicted molar refractivity (Wildman–Crippen MR) is 177 cm³/mol. The number of hydrogen-bond acceptors (Lipinski definition) is 3. The fourth-order valence-corrected chi connectivity index (χ4v) is 5.82. The van der Waals surface area contributed by atoms with Gasteiger partial charge in [0.05, 0.1) is 6.42 Å². The minimum absolute atomic E-state index is 0.285. The Bertz CT molecular complexity index is 537. The molecule has 5 nitrogen and oxygen atoms in total. The highest BCUT2D eigenvalue weighted by Gasteiger charge is 2.23. The van der Waals surface area contributed by atoms with Crippen LogP contribution in [0, 0.1) is 0 Å². The van der Waals surface area contributed by atoms with Crippen molar-refractivity contribution in [2.24, 2.45) is 5.73 Å². The van der Waals surface area contributed by atoms with Crippen LogP contribution in [0.2, 0.25) is 0 Å². The summed E-state index contributed by atoms with van der Waals surface area (Å²) < 4.78 is 0. The number of nitrogens with zero attached hydrogens (tertiary/aromatic N) is 1. The van der Waals surface area contributed by atoms with Gasteiger partial charge in [-0.1, -0.05) is 181 Å². The van der Waals surface area contributed by atoms with Crippen LogP contribution in [0.25, 0.3) is 0 Å². The van der Waals surface area contributed by atoms with Crippen molar-refractivity contribution in [2.75, 3.05) is 13.1 Å². The second kappa shape index (κ2) is 31.8. The van der Waals surface area contributed by atoms with Crippen LogP contribution in [0.5, 0.6) is 0 Å². The zero-order chi connectivity index (χ0) is 30.2. The Morgan fingerprint density at radius 3 is 0.976 bits per heavy atom. The number of carbonyl (C=O) groups excluding carboxylic acids is 2. The highest BCUT2D eigenvalue weighted by molar-refractivity contribution is 5.86. The molecule has 41 heavy (non-hydrogen) atoms. The minimum atomic E-state index is -1.30. The standard InChI is InChI=1S/C36H72N2O3/c1-3-5-7-9-11-13-15-17-19-21-23-25-27-29-31-38(36(41)34(39)33-35(37)40)32-30-28-26-24-22-20-18-16-14-12-10-8-6-4-2/h34,39H,3-33H2,1-2H3,(H2,37,40). The van der Waals surface area contributed by atoms with Crippen LogP contribution >= 0.6 is 0 Å². The lowest BCUT2D eigenvalue weighted by Crippen LogP contribution is -2.42. The number of aliphatic hydroxyl groups excluding tert-OH is 1. The molecule has 0 aliphatic heterocycles. The third-order valence-corrected chi connectivity index (χ3v) is 8.55. The SMILES string of the molecule is CCCCCCCCCCCCCCCCN(CCCCCCCCCCCCCCCC)C(=O)C(O)CC(N)=O. The summed E-state index contributed by atoms with van der Waals surface area (Å²) in [5, 5.41) is 10.2. The molecule has 0 radical (unpaired) electrons. The molecule has 0 rings (SSSR count). The number of carbonyl (C=O) groups is 2. The van der Waals surface area contributed by atoms with Crippen LogP contribution in [-0.2, 0) is 9.59 Å². The number of unbranched alkanes of at least 4 members (excludes halogenated alkanes) is 26. The van der Waals surface area contributed by atoms with Crippen molar-refractivity contribution in [3.63, 3.8) is 0 Å². The molecule has 0 aliphatic rings. The molecule has 244 valence electrons. The van der Waals surface area contributed by atoms with Crippen molar-refractivity contribution in [1.82, 2.24) is 4.90 Å². The van der Waals surface area contributed by atoms with Gasteiger partial charge in [0.2, 0.25) is 5.91 Å². The lowest BCUT2D eigenvalue weighted by molar-refractivity contribution is -0.143. The first-order valence-electron chi connectivity index (χ1n) is 18.3. The molecule has 2 amide bonds. The average Bonchev–Trinajstić information content (AvgIpc) is 2.95. The van der Waals surface area contributed by atoms with Crippen LogP contribution in [0.3, 0.4) is 0 Å². The summed E-state index contributed by atoms with van der Waals surface area (Å²) in [5.74, 6) is -0.952. The van der Waals surface area contributed by atoms with E-state index in [2.05, 4.69) is 13.8 Å². The number of amides is 2. The van der Waals surface area contributed by atoms with E-state index in [-0.39, 0.29) is 12.3 Å². The Labute approximate surface area is 256 Å². The van der Waals surface area contributed by atoms with Crippen molar-refractivity contribution in [3.8, 4) is 0 Å². The zero-order valence-electron chi connectivity index (χ0n) is 27.8. The van der Waals surface area contributed by atoms with Gasteiger partial charge in [-0.15, -0.1) is 0 Å². The van der Waals surface area contributed by atoms with Crippen LogP contribution < -0.4 is 5.73 Å². The summed E-state index contributed by atoms with van der Waals surface area (Å²) in [6.45, 7) is 5.89. The topological polar surface area (TPSA) is 83.6 Å². The molecule has 3 N–H and O–H groups in total. The van der Waals surface area contributed by atoms with E-state index in [0.717, 1.165) is 25.7 Å². The summed E-state index contributed by atoms with van der Waals surface area (Å²) in [6, 6.07) is 0. The van der Waals surface area contributed by atoms with Crippen molar-refractivity contribution in [1.29, 1.82) is 0 Å². The summed E-state index contributed by atoms with van der Waals surface area (Å²) >= 11 is 0. The number of aliphatic hydroxyl groups is 1. The molecule has 0 fully saturated rings. The van der Waals surface area contributed by atoms with Gasteiger partial charge in [0.15, 0.2) is 0 Å². The van der Waals surface area contributed by atoms with Crippen molar-refractivity contribution in [2.45, 2.75) is 206 Å². The first-order chi connectivity index (χ1) is 20.0. The Morgan fingerprint density at radius 1 is 0.488 bits per heavy atom. The fraction of sp³-hybridized carbons (Fsp3) is 0.944. The average molecular weight is 581 g/mol. The molecule has 1 unspecified atom stereocenters. The van der Waals surface area contributed by atoms with Crippen LogP contribution in [0.1, 0.15) is 200 Å². The van der Waals surface area contributed by atoms with Gasteiger partial charge in [-0.3, -0.25) is 9.59 Å². The first-order valence-corrected chi connectivity index (χ1v) is 18.3. The maximum Gasteiger partial charge on any atom is 0.251 e. The van der Waals surface area contributed by atoms with E-state index in [1.165, 1.54) is 154 Å². The van der Waals surface area contributed by atoms with E-state index in [1.807, 2.05) is 0 Å². The predicted octanol–water partition coefficient (Wildman–Crippen LogP) is 10.0. The van der Waals surface area contributed by atoms with Gasteiger partial charge in [-0.05, 0) is 12.8 Å². The van der Waals surface area contributed by atoms with Crippen molar-refractivity contribution < 1.29 is 14.7 Å². The Kier molecular flexibility index (Phi) is 31.0. The van der Waals surface area contributed by atoms with E-state index >= 15 is 0 Å². The molecule has 0 bridgehead atoms. The van der Waals surface area contributed by atoms with Crippen LogP contribution in [0.4, 0.5) is 0 Å². The molecule has 0 saturated carbocycles. The second-order valence-electron chi connectivity index (χ2n) is 12.7. The van der Waals surface area contributed by atoms with E-state index in [1.54, 1.807) is 4.90 Å². The number of rotatable bonds is 33. The minimum Gasteiger partial charge on any atom is -0.383 e. The first kappa shape index (κ1) is 39.9. The zero-order valence-corrected chi connectivity index (χ0v) is 27.8. The molecule has 0 saturated heterocycles. The highest BCUT2D eigenvalue weighted by Crippen LogP contribution is 2.15. The van der Waals surface area contributed by atoms with E-state index in [0.29, 0.717) is 13.1 Å². The molecule has 0 aromatic rings. The Hall–Kier alpha value is -1.10. The van der Waals surface area contributed by atoms with Crippen LogP contribution in [0.15, 0.2) is 0 Å². The number of hydrogen-bond donors (Lipinski definition) is 2. The lowest BCUT2D eigenvalue weighted by Gasteiger charge is -2.25. The van der Waals surface area contributed by atoms with E-state index < -0.39 is 12.0 Å². The van der Waals surface area contributed by atoms with E-state index in [4.69, 9.17) is 5.73 Å². The number of primary amides is 1. The lowest BCUT2D eigenvalue weighted by atomic mass is 10.0. The van der Waals surface area contributed by atoms with Crippen molar-refractivity contribution >= 4 is 11.8 Å². The molecular formula is C36H72N2O3. The molecule has 0 heterocycles. The maximum absolute atomic E-state index is 12.8. The summed E-state index contributed by atoms with van der Waals surface area (Å²) in [5.41, 5.74) is 5.22. The Balaban J connectivity index is 3.93. The molecule has 1 atom stereocenters. The third kappa shape index (κ3) is 28.8. The molecule has 0 aliphatic carbocycles. The smallest absolute Gasteiger partial charge is 0.251 e. The molecule has 5 heteroatoms. The van der Waals surface area contributed by atoms with Gasteiger partial charge in [0.1, 0.15) is 6.10 Å². The van der Waals surface area contributed by atoms with Gasteiger partial charge in [-0.2, -0.15) is 0 Å². The maximum atomic E-state index is 12.8. The van der Waals surface area contributed by atoms with Crippen molar-refractivity contribution in [3.05, 3.63) is 0 Å². The summed E-state index contributed by atoms with van der Waals surface area (Å²) in [4.78, 5) is 25.8. The van der Waals surface area contributed by atoms with Gasteiger partial charge < -0.3 is 15.7 Å². The monoisotopic (exact) mass is 581 g/mol. The normalized spacial score (nSPS) is 12.1. The highest BCUT2D eigenvalue weighted by atomic mass is 16.3.